The maximum absolute atomic E-state index is 5.03. The van der Waals surface area contributed by atoms with Crippen LogP contribution in [0.25, 0.3) is 10.6 Å². The van der Waals surface area contributed by atoms with Crippen LogP contribution in [0.3, 0.4) is 0 Å². The zero-order valence-corrected chi connectivity index (χ0v) is 22.9. The van der Waals surface area contributed by atoms with E-state index in [-0.39, 0.29) is 21.7 Å². The van der Waals surface area contributed by atoms with Crippen LogP contribution < -0.4 is 0 Å². The summed E-state index contributed by atoms with van der Waals surface area (Å²) in [4.78, 5) is 0. The first-order chi connectivity index (χ1) is 19.1. The van der Waals surface area contributed by atoms with Crippen molar-refractivity contribution in [3.63, 3.8) is 0 Å². The molecule has 0 amide bonds. The molecule has 0 radical (unpaired) electrons. The Morgan fingerprint density at radius 2 is 0.769 bits per heavy atom. The minimum atomic E-state index is -0.0129. The molecule has 9 rings (SSSR count). The fraction of sp³-hybridized carbons (Fsp3) is 0.278. The molecule has 4 aliphatic carbocycles. The lowest BCUT2D eigenvalue weighted by molar-refractivity contribution is -0.0694. The molecule has 5 aromatic rings. The Morgan fingerprint density at radius 3 is 1.18 bits per heavy atom. The van der Waals surface area contributed by atoms with Gasteiger partial charge in [0.1, 0.15) is 10.0 Å². The Hall–Kier alpha value is -3.56. The van der Waals surface area contributed by atoms with E-state index in [4.69, 9.17) is 10.2 Å². The fourth-order valence-electron chi connectivity index (χ4n) is 9.29. The topological polar surface area (TPSA) is 25.8 Å². The predicted octanol–water partition coefficient (Wildman–Crippen LogP) is 8.64. The molecule has 0 saturated heterocycles. The molecule has 1 heterocycles. The highest BCUT2D eigenvalue weighted by Gasteiger charge is 2.70. The molecule has 1 aromatic heterocycles. The minimum Gasteiger partial charge on any atom is -0.143 e. The van der Waals surface area contributed by atoms with E-state index in [1.165, 1.54) is 46.5 Å². The second kappa shape index (κ2) is 8.47. The van der Waals surface area contributed by atoms with Crippen molar-refractivity contribution < 1.29 is 0 Å². The van der Waals surface area contributed by atoms with Gasteiger partial charge in [-0.15, -0.1) is 10.2 Å². The zero-order valence-electron chi connectivity index (χ0n) is 22.1. The van der Waals surface area contributed by atoms with Crippen molar-refractivity contribution in [2.45, 2.75) is 60.2 Å². The number of nitrogens with zero attached hydrogens (tertiary/aromatic N) is 2. The normalized spacial score (nSPS) is 30.9. The highest BCUT2D eigenvalue weighted by atomic mass is 32.1. The summed E-state index contributed by atoms with van der Waals surface area (Å²) in [7, 11) is 0. The first-order valence-corrected chi connectivity index (χ1v) is 15.0. The molecule has 39 heavy (non-hydrogen) atoms. The number of benzene rings is 4. The molecule has 4 bridgehead atoms. The summed E-state index contributed by atoms with van der Waals surface area (Å²) in [5, 5.41) is 12.1. The van der Waals surface area contributed by atoms with Gasteiger partial charge in [0.05, 0.1) is 0 Å². The lowest BCUT2D eigenvalue weighted by Crippen LogP contribution is -2.67. The fourth-order valence-corrected chi connectivity index (χ4v) is 10.3. The van der Waals surface area contributed by atoms with E-state index in [2.05, 4.69) is 121 Å². The molecule has 0 N–H and O–H groups in total. The van der Waals surface area contributed by atoms with E-state index in [9.17, 15) is 0 Å². The summed E-state index contributed by atoms with van der Waals surface area (Å²) in [6.07, 6.45) is 7.06. The van der Waals surface area contributed by atoms with Crippen molar-refractivity contribution in [2.24, 2.45) is 0 Å². The van der Waals surface area contributed by atoms with Gasteiger partial charge in [-0.05, 0) is 71.5 Å². The lowest BCUT2D eigenvalue weighted by Gasteiger charge is -2.70. The third kappa shape index (κ3) is 3.52. The van der Waals surface area contributed by atoms with Crippen molar-refractivity contribution >= 4 is 11.3 Å². The van der Waals surface area contributed by atoms with Crippen molar-refractivity contribution in [2.75, 3.05) is 0 Å². The Kier molecular flexibility index (Phi) is 5.07. The average Bonchev–Trinajstić information content (AvgIpc) is 3.50. The van der Waals surface area contributed by atoms with Crippen molar-refractivity contribution in [3.05, 3.63) is 143 Å². The maximum atomic E-state index is 5.03. The first kappa shape index (κ1) is 23.3. The molecule has 3 heteroatoms. The standard InChI is InChI=1S/C36H32N2S/c1-5-13-27(14-6-1)31-37-38-32(39-31)36-24-33(28-15-7-2-8-16-28)21-34(25-36,29-17-9-3-10-18-29)23-35(22-33,26-36)30-19-11-4-12-20-30/h1-20H,21-26H2. The maximum Gasteiger partial charge on any atom is 0.147 e. The summed E-state index contributed by atoms with van der Waals surface area (Å²) in [5.74, 6) is 0. The van der Waals surface area contributed by atoms with Crippen molar-refractivity contribution in [3.8, 4) is 10.6 Å². The Morgan fingerprint density at radius 1 is 0.410 bits per heavy atom. The van der Waals surface area contributed by atoms with Crippen LogP contribution in [0.15, 0.2) is 121 Å². The second-order valence-electron chi connectivity index (χ2n) is 12.6. The Balaban J connectivity index is 1.38. The number of rotatable bonds is 5. The molecule has 0 unspecified atom stereocenters. The SMILES string of the molecule is c1ccc(-c2nnc(C34CC5(c6ccccc6)CC(c6ccccc6)(CC(c6ccccc6)(C5)C3)C4)s2)cc1. The molecule has 4 fully saturated rings. The van der Waals surface area contributed by atoms with E-state index < -0.39 is 0 Å². The van der Waals surface area contributed by atoms with Gasteiger partial charge in [0.25, 0.3) is 0 Å². The van der Waals surface area contributed by atoms with Crippen LogP contribution in [0.1, 0.15) is 60.2 Å². The van der Waals surface area contributed by atoms with Crippen LogP contribution in [-0.2, 0) is 21.7 Å². The lowest BCUT2D eigenvalue weighted by atomic mass is 9.33. The zero-order chi connectivity index (χ0) is 26.0. The van der Waals surface area contributed by atoms with Crippen LogP contribution >= 0.6 is 11.3 Å². The summed E-state index contributed by atoms with van der Waals surface area (Å²) in [6.45, 7) is 0. The molecule has 0 atom stereocenters. The summed E-state index contributed by atoms with van der Waals surface area (Å²) < 4.78 is 0. The van der Waals surface area contributed by atoms with Gasteiger partial charge in [-0.1, -0.05) is 133 Å². The third-order valence-electron chi connectivity index (χ3n) is 10.1. The summed E-state index contributed by atoms with van der Waals surface area (Å²) >= 11 is 1.83. The van der Waals surface area contributed by atoms with Crippen LogP contribution in [-0.4, -0.2) is 10.2 Å². The van der Waals surface area contributed by atoms with Gasteiger partial charge in [0.15, 0.2) is 0 Å². The van der Waals surface area contributed by atoms with Crippen LogP contribution in [0, 0.1) is 0 Å². The van der Waals surface area contributed by atoms with Gasteiger partial charge >= 0.3 is 0 Å². The highest BCUT2D eigenvalue weighted by molar-refractivity contribution is 7.14. The summed E-state index contributed by atoms with van der Waals surface area (Å²) in [5.41, 5.74) is 5.95. The third-order valence-corrected chi connectivity index (χ3v) is 11.3. The molecular formula is C36H32N2S. The van der Waals surface area contributed by atoms with Crippen molar-refractivity contribution in [1.29, 1.82) is 0 Å². The molecule has 4 aromatic carbocycles. The molecule has 4 saturated carbocycles. The molecule has 0 spiro atoms. The van der Waals surface area contributed by atoms with Gasteiger partial charge in [-0.3, -0.25) is 0 Å². The van der Waals surface area contributed by atoms with Gasteiger partial charge in [-0.2, -0.15) is 0 Å². The molecule has 0 aliphatic heterocycles. The average molecular weight is 525 g/mol. The quantitative estimate of drug-likeness (QED) is 0.230. The molecule has 4 aliphatic rings. The molecule has 192 valence electrons. The Labute approximate surface area is 234 Å². The number of hydrogen-bond acceptors (Lipinski definition) is 3. The predicted molar refractivity (Wildman–Crippen MR) is 159 cm³/mol. The Bertz CT molecular complexity index is 1470. The first-order valence-electron chi connectivity index (χ1n) is 14.2. The van der Waals surface area contributed by atoms with Gasteiger partial charge < -0.3 is 0 Å². The minimum absolute atomic E-state index is 0.0129. The molecule has 2 nitrogen and oxygen atoms in total. The largest absolute Gasteiger partial charge is 0.147 e. The monoisotopic (exact) mass is 524 g/mol. The smallest absolute Gasteiger partial charge is 0.143 e. The van der Waals surface area contributed by atoms with E-state index in [1.54, 1.807) is 0 Å². The van der Waals surface area contributed by atoms with E-state index in [0.717, 1.165) is 24.3 Å². The van der Waals surface area contributed by atoms with E-state index in [0.29, 0.717) is 0 Å². The van der Waals surface area contributed by atoms with Crippen LogP contribution in [0.2, 0.25) is 0 Å². The number of hydrogen-bond donors (Lipinski definition) is 0. The van der Waals surface area contributed by atoms with Crippen molar-refractivity contribution in [1.82, 2.24) is 10.2 Å². The number of aromatic nitrogens is 2. The van der Waals surface area contributed by atoms with Gasteiger partial charge in [0, 0.05) is 11.0 Å². The highest BCUT2D eigenvalue weighted by Crippen LogP contribution is 2.74. The van der Waals surface area contributed by atoms with Gasteiger partial charge in [-0.25, -0.2) is 0 Å². The van der Waals surface area contributed by atoms with Crippen LogP contribution in [0.5, 0.6) is 0 Å². The molecular weight excluding hydrogens is 492 g/mol. The van der Waals surface area contributed by atoms with E-state index >= 15 is 0 Å². The van der Waals surface area contributed by atoms with Gasteiger partial charge in [0.2, 0.25) is 0 Å². The summed E-state index contributed by atoms with van der Waals surface area (Å²) in [6, 6.07) is 44.9. The van der Waals surface area contributed by atoms with Crippen LogP contribution in [0.4, 0.5) is 0 Å². The van der Waals surface area contributed by atoms with E-state index in [1.807, 2.05) is 11.3 Å². The second-order valence-corrected chi connectivity index (χ2v) is 13.5.